The quantitative estimate of drug-likeness (QED) is 0.443. The number of ether oxygens (including phenoxy) is 1. The molecule has 0 unspecified atom stereocenters. The van der Waals surface area contributed by atoms with Crippen LogP contribution in [0.3, 0.4) is 0 Å². The van der Waals surface area contributed by atoms with Crippen molar-refractivity contribution >= 4 is 33.2 Å². The van der Waals surface area contributed by atoms with E-state index in [9.17, 15) is 10.1 Å². The Bertz CT molecular complexity index is 743. The van der Waals surface area contributed by atoms with Gasteiger partial charge in [-0.2, -0.15) is 5.26 Å². The lowest BCUT2D eigenvalue weighted by atomic mass is 10.1. The van der Waals surface area contributed by atoms with Crippen LogP contribution in [0.2, 0.25) is 0 Å². The fourth-order valence-corrected chi connectivity index (χ4v) is 2.33. The maximum absolute atomic E-state index is 10.9. The zero-order chi connectivity index (χ0) is 15.4. The fraction of sp³-hybridized carbons (Fsp3) is 0.0714. The Morgan fingerprint density at radius 1 is 1.33 bits per heavy atom. The maximum Gasteiger partial charge on any atom is 0.287 e. The summed E-state index contributed by atoms with van der Waals surface area (Å²) in [5, 5.41) is 20.0. The van der Waals surface area contributed by atoms with E-state index >= 15 is 0 Å². The summed E-state index contributed by atoms with van der Waals surface area (Å²) >= 11 is 8.86. The molecular formula is C14H8BrClN2O3. The van der Waals surface area contributed by atoms with Crippen LogP contribution in [0, 0.1) is 21.4 Å². The molecule has 0 saturated carbocycles. The van der Waals surface area contributed by atoms with E-state index in [4.69, 9.17) is 21.6 Å². The third-order valence-corrected chi connectivity index (χ3v) is 3.78. The molecule has 21 heavy (non-hydrogen) atoms. The van der Waals surface area contributed by atoms with Gasteiger partial charge < -0.3 is 4.74 Å². The molecule has 0 atom stereocenters. The van der Waals surface area contributed by atoms with Gasteiger partial charge in [-0.1, -0.05) is 12.1 Å². The summed E-state index contributed by atoms with van der Waals surface area (Å²) in [4.78, 5) is 10.4. The van der Waals surface area contributed by atoms with E-state index in [2.05, 4.69) is 15.9 Å². The van der Waals surface area contributed by atoms with E-state index in [1.807, 2.05) is 6.07 Å². The summed E-state index contributed by atoms with van der Waals surface area (Å²) in [6, 6.07) is 11.4. The van der Waals surface area contributed by atoms with E-state index in [-0.39, 0.29) is 21.8 Å². The van der Waals surface area contributed by atoms with Crippen LogP contribution in [0.1, 0.15) is 11.1 Å². The first-order chi connectivity index (χ1) is 10.1. The number of halogens is 2. The predicted octanol–water partition coefficient (Wildman–Crippen LogP) is 4.76. The number of alkyl halides is 1. The zero-order valence-electron chi connectivity index (χ0n) is 10.5. The summed E-state index contributed by atoms with van der Waals surface area (Å²) < 4.78 is 5.83. The third kappa shape index (κ3) is 3.32. The molecule has 0 fully saturated rings. The molecule has 0 N–H and O–H groups in total. The molecule has 0 amide bonds. The molecule has 5 nitrogen and oxygen atoms in total. The van der Waals surface area contributed by atoms with Crippen molar-refractivity contribution in [3.05, 3.63) is 62.1 Å². The van der Waals surface area contributed by atoms with Crippen molar-refractivity contribution in [2.45, 2.75) is 5.88 Å². The van der Waals surface area contributed by atoms with Crippen LogP contribution in [-0.2, 0) is 5.88 Å². The Kier molecular flexibility index (Phi) is 4.78. The van der Waals surface area contributed by atoms with Crippen molar-refractivity contribution < 1.29 is 9.66 Å². The first-order valence-corrected chi connectivity index (χ1v) is 7.09. The average Bonchev–Trinajstić information content (AvgIpc) is 2.49. The fourth-order valence-electron chi connectivity index (χ4n) is 1.67. The number of nitriles is 1. The Morgan fingerprint density at radius 2 is 2.10 bits per heavy atom. The van der Waals surface area contributed by atoms with E-state index in [1.165, 1.54) is 12.1 Å². The van der Waals surface area contributed by atoms with Crippen molar-refractivity contribution in [2.24, 2.45) is 0 Å². The number of benzene rings is 2. The smallest absolute Gasteiger partial charge is 0.287 e. The van der Waals surface area contributed by atoms with Gasteiger partial charge in [0.1, 0.15) is 22.0 Å². The van der Waals surface area contributed by atoms with Gasteiger partial charge in [0.25, 0.3) is 5.69 Å². The zero-order valence-corrected chi connectivity index (χ0v) is 12.9. The van der Waals surface area contributed by atoms with Gasteiger partial charge in [0.05, 0.1) is 10.5 Å². The molecule has 0 heterocycles. The minimum Gasteiger partial charge on any atom is -0.455 e. The number of hydrogen-bond donors (Lipinski definition) is 0. The van der Waals surface area contributed by atoms with Crippen molar-refractivity contribution in [3.8, 4) is 17.6 Å². The first kappa shape index (κ1) is 15.3. The summed E-state index contributed by atoms with van der Waals surface area (Å²) in [6.45, 7) is 0. The molecule has 0 saturated heterocycles. The van der Waals surface area contributed by atoms with E-state index in [1.54, 1.807) is 24.3 Å². The van der Waals surface area contributed by atoms with Crippen LogP contribution in [0.5, 0.6) is 11.5 Å². The second-order valence-corrected chi connectivity index (χ2v) is 5.08. The topological polar surface area (TPSA) is 76.2 Å². The highest BCUT2D eigenvalue weighted by molar-refractivity contribution is 9.10. The molecule has 2 aromatic rings. The minimum atomic E-state index is -0.515. The van der Waals surface area contributed by atoms with Crippen molar-refractivity contribution in [3.63, 3.8) is 0 Å². The SMILES string of the molecule is N#Cc1cc(CCl)ccc1Oc1cccc([N+](=O)[O-])c1Br. The molecule has 0 spiro atoms. The van der Waals surface area contributed by atoms with Crippen LogP contribution < -0.4 is 4.74 Å². The number of rotatable bonds is 4. The largest absolute Gasteiger partial charge is 0.455 e. The van der Waals surface area contributed by atoms with E-state index in [0.717, 1.165) is 5.56 Å². The summed E-state index contributed by atoms with van der Waals surface area (Å²) in [5.41, 5.74) is 0.994. The van der Waals surface area contributed by atoms with Crippen LogP contribution in [0.4, 0.5) is 5.69 Å². The molecule has 106 valence electrons. The van der Waals surface area contributed by atoms with Gasteiger partial charge in [-0.05, 0) is 39.7 Å². The van der Waals surface area contributed by atoms with Crippen molar-refractivity contribution in [2.75, 3.05) is 0 Å². The molecule has 0 aliphatic carbocycles. The van der Waals surface area contributed by atoms with Crippen molar-refractivity contribution in [1.29, 1.82) is 5.26 Å². The highest BCUT2D eigenvalue weighted by atomic mass is 79.9. The maximum atomic E-state index is 10.9. The van der Waals surface area contributed by atoms with Crippen molar-refractivity contribution in [1.82, 2.24) is 0 Å². The second kappa shape index (κ2) is 6.57. The van der Waals surface area contributed by atoms with E-state index in [0.29, 0.717) is 11.3 Å². The summed E-state index contributed by atoms with van der Waals surface area (Å²) in [7, 11) is 0. The Morgan fingerprint density at radius 3 is 2.71 bits per heavy atom. The molecule has 0 bridgehead atoms. The van der Waals surface area contributed by atoms with Crippen LogP contribution in [-0.4, -0.2) is 4.92 Å². The Labute approximate surface area is 134 Å². The predicted molar refractivity (Wildman–Crippen MR) is 81.6 cm³/mol. The average molecular weight is 368 g/mol. The van der Waals surface area contributed by atoms with Gasteiger partial charge in [0.2, 0.25) is 0 Å². The van der Waals surface area contributed by atoms with Crippen LogP contribution >= 0.6 is 27.5 Å². The van der Waals surface area contributed by atoms with Crippen LogP contribution in [0.15, 0.2) is 40.9 Å². The Balaban J connectivity index is 2.42. The minimum absolute atomic E-state index is 0.108. The molecule has 0 aromatic heterocycles. The molecule has 0 aliphatic rings. The van der Waals surface area contributed by atoms with Gasteiger partial charge in [-0.15, -0.1) is 11.6 Å². The van der Waals surface area contributed by atoms with Gasteiger partial charge in [-0.3, -0.25) is 10.1 Å². The Hall–Kier alpha value is -2.10. The highest BCUT2D eigenvalue weighted by Crippen LogP contribution is 2.37. The number of nitro benzene ring substituents is 1. The summed E-state index contributed by atoms with van der Waals surface area (Å²) in [5.74, 6) is 0.863. The highest BCUT2D eigenvalue weighted by Gasteiger charge is 2.17. The second-order valence-electron chi connectivity index (χ2n) is 4.02. The normalized spacial score (nSPS) is 9.95. The van der Waals surface area contributed by atoms with Gasteiger partial charge in [-0.25, -0.2) is 0 Å². The molecule has 2 aromatic carbocycles. The molecule has 2 rings (SSSR count). The number of nitro groups is 1. The first-order valence-electron chi connectivity index (χ1n) is 5.76. The van der Waals surface area contributed by atoms with Gasteiger partial charge in [0, 0.05) is 11.9 Å². The number of nitrogens with zero attached hydrogens (tertiary/aromatic N) is 2. The molecule has 0 radical (unpaired) electrons. The lowest BCUT2D eigenvalue weighted by Gasteiger charge is -2.10. The van der Waals surface area contributed by atoms with Gasteiger partial charge >= 0.3 is 0 Å². The standard InChI is InChI=1S/C14H8BrClN2O3/c15-14-11(18(19)20)2-1-3-13(14)21-12-5-4-9(7-16)6-10(12)8-17/h1-6H,7H2. The molecular weight excluding hydrogens is 360 g/mol. The summed E-state index contributed by atoms with van der Waals surface area (Å²) in [6.07, 6.45) is 0. The third-order valence-electron chi connectivity index (χ3n) is 2.68. The number of hydrogen-bond acceptors (Lipinski definition) is 4. The van der Waals surface area contributed by atoms with Gasteiger partial charge in [0.15, 0.2) is 0 Å². The molecule has 7 heteroatoms. The lowest BCUT2D eigenvalue weighted by Crippen LogP contribution is -1.94. The lowest BCUT2D eigenvalue weighted by molar-refractivity contribution is -0.385. The van der Waals surface area contributed by atoms with Crippen LogP contribution in [0.25, 0.3) is 0 Å². The van der Waals surface area contributed by atoms with E-state index < -0.39 is 4.92 Å². The molecule has 0 aliphatic heterocycles. The monoisotopic (exact) mass is 366 g/mol.